The summed E-state index contributed by atoms with van der Waals surface area (Å²) >= 11 is 0. The summed E-state index contributed by atoms with van der Waals surface area (Å²) in [6.07, 6.45) is 9.29. The maximum Gasteiger partial charge on any atom is 0.0584 e. The molecule has 2 atom stereocenters. The second-order valence-electron chi connectivity index (χ2n) is 6.20. The molecule has 0 fully saturated rings. The average Bonchev–Trinajstić information content (AvgIpc) is 2.24. The van der Waals surface area contributed by atoms with E-state index in [1.165, 1.54) is 19.3 Å². The van der Waals surface area contributed by atoms with Gasteiger partial charge in [-0.1, -0.05) is 32.9 Å². The zero-order chi connectivity index (χ0) is 12.0. The zero-order valence-electron chi connectivity index (χ0n) is 11.0. The van der Waals surface area contributed by atoms with E-state index in [9.17, 15) is 5.11 Å². The summed E-state index contributed by atoms with van der Waals surface area (Å²) in [4.78, 5) is 0. The van der Waals surface area contributed by atoms with Crippen LogP contribution in [0.4, 0.5) is 0 Å². The Morgan fingerprint density at radius 1 is 1.38 bits per heavy atom. The van der Waals surface area contributed by atoms with Gasteiger partial charge >= 0.3 is 0 Å². The smallest absolute Gasteiger partial charge is 0.0584 e. The highest BCUT2D eigenvalue weighted by Crippen LogP contribution is 2.22. The predicted molar refractivity (Wildman–Crippen MR) is 69.4 cm³/mol. The van der Waals surface area contributed by atoms with Gasteiger partial charge in [-0.25, -0.2) is 0 Å². The monoisotopic (exact) mass is 225 g/mol. The minimum Gasteiger partial charge on any atom is -0.395 e. The van der Waals surface area contributed by atoms with Crippen LogP contribution in [0.25, 0.3) is 0 Å². The lowest BCUT2D eigenvalue weighted by Gasteiger charge is -2.27. The van der Waals surface area contributed by atoms with Gasteiger partial charge in [0.1, 0.15) is 0 Å². The summed E-state index contributed by atoms with van der Waals surface area (Å²) in [7, 11) is 0. The highest BCUT2D eigenvalue weighted by Gasteiger charge is 2.19. The fraction of sp³-hybridized carbons (Fsp3) is 0.857. The van der Waals surface area contributed by atoms with E-state index in [-0.39, 0.29) is 18.1 Å². The molecule has 2 heteroatoms. The van der Waals surface area contributed by atoms with E-state index in [1.807, 2.05) is 0 Å². The Bertz CT molecular complexity index is 217. The Kier molecular flexibility index (Phi) is 5.50. The third-order valence-corrected chi connectivity index (χ3v) is 3.15. The molecule has 0 saturated heterocycles. The van der Waals surface area contributed by atoms with E-state index in [4.69, 9.17) is 0 Å². The molecule has 0 saturated carbocycles. The maximum absolute atomic E-state index is 9.34. The lowest BCUT2D eigenvalue weighted by Crippen LogP contribution is -2.38. The molecule has 1 aliphatic rings. The molecule has 0 heterocycles. The van der Waals surface area contributed by atoms with Crippen LogP contribution in [0.1, 0.15) is 46.5 Å². The molecule has 1 rings (SSSR count). The van der Waals surface area contributed by atoms with Crippen molar-refractivity contribution in [3.8, 4) is 0 Å². The lowest BCUT2D eigenvalue weighted by atomic mass is 9.87. The normalized spacial score (nSPS) is 23.4. The van der Waals surface area contributed by atoms with Gasteiger partial charge in [0.2, 0.25) is 0 Å². The first kappa shape index (κ1) is 13.7. The van der Waals surface area contributed by atoms with Gasteiger partial charge in [-0.3, -0.25) is 0 Å². The molecule has 0 bridgehead atoms. The van der Waals surface area contributed by atoms with Crippen molar-refractivity contribution < 1.29 is 5.11 Å². The summed E-state index contributed by atoms with van der Waals surface area (Å²) < 4.78 is 0. The molecule has 2 nitrogen and oxygen atoms in total. The molecule has 0 amide bonds. The van der Waals surface area contributed by atoms with Crippen LogP contribution >= 0.6 is 0 Å². The van der Waals surface area contributed by atoms with E-state index in [2.05, 4.69) is 38.2 Å². The van der Waals surface area contributed by atoms with Crippen molar-refractivity contribution in [3.63, 3.8) is 0 Å². The summed E-state index contributed by atoms with van der Waals surface area (Å²) in [5.41, 5.74) is 0.285. The maximum atomic E-state index is 9.34. The van der Waals surface area contributed by atoms with Crippen LogP contribution < -0.4 is 5.32 Å². The SMILES string of the molecule is CC(C)(C)CC(CO)NCC1CC=CCC1. The minimum atomic E-state index is 0.250. The van der Waals surface area contributed by atoms with Crippen molar-refractivity contribution in [1.82, 2.24) is 5.32 Å². The molecule has 0 aromatic carbocycles. The molecule has 2 N–H and O–H groups in total. The van der Waals surface area contributed by atoms with Crippen molar-refractivity contribution in [3.05, 3.63) is 12.2 Å². The zero-order valence-corrected chi connectivity index (χ0v) is 11.0. The molecule has 94 valence electrons. The van der Waals surface area contributed by atoms with Crippen LogP contribution in [0.15, 0.2) is 12.2 Å². The largest absolute Gasteiger partial charge is 0.395 e. The fourth-order valence-electron chi connectivity index (χ4n) is 2.32. The Labute approximate surface area is 100 Å². The summed E-state index contributed by atoms with van der Waals surface area (Å²) in [5, 5.41) is 12.9. The number of aliphatic hydroxyl groups excluding tert-OH is 1. The molecule has 2 unspecified atom stereocenters. The highest BCUT2D eigenvalue weighted by molar-refractivity contribution is 4.91. The molecule has 1 aliphatic carbocycles. The highest BCUT2D eigenvalue weighted by atomic mass is 16.3. The van der Waals surface area contributed by atoms with E-state index in [1.54, 1.807) is 0 Å². The van der Waals surface area contributed by atoms with Crippen LogP contribution in [0.2, 0.25) is 0 Å². The summed E-state index contributed by atoms with van der Waals surface area (Å²) in [6.45, 7) is 7.97. The van der Waals surface area contributed by atoms with E-state index < -0.39 is 0 Å². The third-order valence-electron chi connectivity index (χ3n) is 3.15. The number of hydrogen-bond acceptors (Lipinski definition) is 2. The Morgan fingerprint density at radius 3 is 2.62 bits per heavy atom. The molecule has 0 radical (unpaired) electrons. The number of rotatable bonds is 5. The fourth-order valence-corrected chi connectivity index (χ4v) is 2.32. The van der Waals surface area contributed by atoms with E-state index in [0.717, 1.165) is 18.9 Å². The molecule has 16 heavy (non-hydrogen) atoms. The third kappa shape index (κ3) is 5.66. The van der Waals surface area contributed by atoms with Crippen LogP contribution in [0.5, 0.6) is 0 Å². The first-order valence-electron chi connectivity index (χ1n) is 6.50. The van der Waals surface area contributed by atoms with Crippen LogP contribution in [-0.2, 0) is 0 Å². The van der Waals surface area contributed by atoms with E-state index in [0.29, 0.717) is 0 Å². The first-order chi connectivity index (χ1) is 7.51. The van der Waals surface area contributed by atoms with Crippen molar-refractivity contribution in [2.45, 2.75) is 52.5 Å². The Hall–Kier alpha value is -0.340. The Morgan fingerprint density at radius 2 is 2.12 bits per heavy atom. The Balaban J connectivity index is 2.25. The van der Waals surface area contributed by atoms with Crippen LogP contribution in [0, 0.1) is 11.3 Å². The molecule has 0 aromatic rings. The van der Waals surface area contributed by atoms with E-state index >= 15 is 0 Å². The van der Waals surface area contributed by atoms with Gasteiger partial charge in [0, 0.05) is 6.04 Å². The van der Waals surface area contributed by atoms with Gasteiger partial charge in [-0.2, -0.15) is 0 Å². The second-order valence-corrected chi connectivity index (χ2v) is 6.20. The standard InChI is InChI=1S/C14H27NO/c1-14(2,3)9-13(11-16)15-10-12-7-5-4-6-8-12/h4-5,12-13,15-16H,6-11H2,1-3H3. The van der Waals surface area contributed by atoms with Crippen molar-refractivity contribution in [2.24, 2.45) is 11.3 Å². The van der Waals surface area contributed by atoms with Gasteiger partial charge < -0.3 is 10.4 Å². The van der Waals surface area contributed by atoms with Crippen molar-refractivity contribution >= 4 is 0 Å². The van der Waals surface area contributed by atoms with Gasteiger partial charge in [0.05, 0.1) is 6.61 Å². The minimum absolute atomic E-state index is 0.250. The summed E-state index contributed by atoms with van der Waals surface area (Å²) in [5.74, 6) is 0.763. The van der Waals surface area contributed by atoms with Crippen molar-refractivity contribution in [2.75, 3.05) is 13.2 Å². The molecular formula is C14H27NO. The summed E-state index contributed by atoms with van der Waals surface area (Å²) in [6, 6.07) is 0.255. The number of hydrogen-bond donors (Lipinski definition) is 2. The molecule has 0 spiro atoms. The molecule has 0 aromatic heterocycles. The van der Waals surface area contributed by atoms with Crippen molar-refractivity contribution in [1.29, 1.82) is 0 Å². The lowest BCUT2D eigenvalue weighted by molar-refractivity contribution is 0.193. The van der Waals surface area contributed by atoms with Gasteiger partial charge in [-0.05, 0) is 43.6 Å². The number of allylic oxidation sites excluding steroid dienone is 2. The quantitative estimate of drug-likeness (QED) is 0.705. The van der Waals surface area contributed by atoms with Gasteiger partial charge in [0.15, 0.2) is 0 Å². The van der Waals surface area contributed by atoms with Gasteiger partial charge in [-0.15, -0.1) is 0 Å². The second kappa shape index (κ2) is 6.41. The molecular weight excluding hydrogens is 198 g/mol. The number of aliphatic hydroxyl groups is 1. The predicted octanol–water partition coefficient (Wildman–Crippen LogP) is 2.73. The van der Waals surface area contributed by atoms with Crippen LogP contribution in [0.3, 0.4) is 0 Å². The topological polar surface area (TPSA) is 32.3 Å². The molecule has 0 aliphatic heterocycles. The first-order valence-corrected chi connectivity index (χ1v) is 6.50. The number of nitrogens with one attached hydrogen (secondary N) is 1. The average molecular weight is 225 g/mol. The van der Waals surface area contributed by atoms with Crippen LogP contribution in [-0.4, -0.2) is 24.3 Å². The van der Waals surface area contributed by atoms with Gasteiger partial charge in [0.25, 0.3) is 0 Å².